The molecule has 4 nitrogen and oxygen atoms in total. The van der Waals surface area contributed by atoms with Crippen LogP contribution in [0.4, 0.5) is 0 Å². The summed E-state index contributed by atoms with van der Waals surface area (Å²) in [4.78, 5) is 17.8. The molecule has 2 heterocycles. The normalized spacial score (nSPS) is 21.6. The minimum atomic E-state index is 0.0648. The van der Waals surface area contributed by atoms with E-state index in [-0.39, 0.29) is 5.91 Å². The first kappa shape index (κ1) is 9.24. The number of imidazole rings is 1. The number of likely N-dealkylation sites (tertiary alicyclic amines) is 1. The van der Waals surface area contributed by atoms with Gasteiger partial charge in [-0.15, -0.1) is 0 Å². The zero-order valence-electron chi connectivity index (χ0n) is 8.60. The molecule has 1 fully saturated rings. The fourth-order valence-corrected chi connectivity index (χ4v) is 1.80. The molecule has 0 saturated carbocycles. The van der Waals surface area contributed by atoms with Crippen LogP contribution in [0.15, 0.2) is 12.5 Å². The van der Waals surface area contributed by atoms with Gasteiger partial charge in [0.1, 0.15) is 5.69 Å². The highest BCUT2D eigenvalue weighted by Gasteiger charge is 2.25. The molecular weight excluding hydrogens is 178 g/mol. The van der Waals surface area contributed by atoms with Gasteiger partial charge in [-0.05, 0) is 12.3 Å². The second-order valence-corrected chi connectivity index (χ2v) is 4.07. The maximum atomic E-state index is 11.9. The minimum absolute atomic E-state index is 0.0648. The summed E-state index contributed by atoms with van der Waals surface area (Å²) >= 11 is 0. The number of nitrogens with zero attached hydrogens (tertiary/aromatic N) is 3. The van der Waals surface area contributed by atoms with Crippen molar-refractivity contribution >= 4 is 5.91 Å². The van der Waals surface area contributed by atoms with Gasteiger partial charge in [-0.25, -0.2) is 4.98 Å². The predicted molar refractivity (Wildman–Crippen MR) is 52.9 cm³/mol. The molecule has 1 aromatic rings. The number of aryl methyl sites for hydroxylation is 1. The molecule has 0 unspecified atom stereocenters. The van der Waals surface area contributed by atoms with Crippen molar-refractivity contribution in [2.24, 2.45) is 13.0 Å². The van der Waals surface area contributed by atoms with Crippen LogP contribution >= 0.6 is 0 Å². The van der Waals surface area contributed by atoms with E-state index in [1.165, 1.54) is 0 Å². The van der Waals surface area contributed by atoms with E-state index in [1.807, 2.05) is 11.9 Å². The molecular formula is C10H15N3O. The minimum Gasteiger partial charge on any atom is -0.340 e. The summed E-state index contributed by atoms with van der Waals surface area (Å²) in [6.07, 6.45) is 4.54. The Bertz CT molecular complexity index is 345. The summed E-state index contributed by atoms with van der Waals surface area (Å²) in [6.45, 7) is 3.91. The van der Waals surface area contributed by atoms with Crippen molar-refractivity contribution < 1.29 is 4.79 Å². The highest BCUT2D eigenvalue weighted by atomic mass is 16.2. The van der Waals surface area contributed by atoms with Gasteiger partial charge in [-0.1, -0.05) is 6.92 Å². The topological polar surface area (TPSA) is 38.1 Å². The zero-order chi connectivity index (χ0) is 10.1. The summed E-state index contributed by atoms with van der Waals surface area (Å²) in [7, 11) is 1.87. The van der Waals surface area contributed by atoms with E-state index in [0.717, 1.165) is 19.5 Å². The average molecular weight is 193 g/mol. The van der Waals surface area contributed by atoms with Gasteiger partial charge in [-0.2, -0.15) is 0 Å². The Balaban J connectivity index is 2.09. The van der Waals surface area contributed by atoms with Crippen molar-refractivity contribution in [2.75, 3.05) is 13.1 Å². The molecule has 2 rings (SSSR count). The van der Waals surface area contributed by atoms with Crippen LogP contribution in [-0.2, 0) is 7.05 Å². The number of hydrogen-bond donors (Lipinski definition) is 0. The van der Waals surface area contributed by atoms with Gasteiger partial charge < -0.3 is 9.47 Å². The van der Waals surface area contributed by atoms with Gasteiger partial charge in [-0.3, -0.25) is 4.79 Å². The summed E-state index contributed by atoms with van der Waals surface area (Å²) in [5.41, 5.74) is 0.557. The Kier molecular flexibility index (Phi) is 2.27. The Labute approximate surface area is 83.5 Å². The van der Waals surface area contributed by atoms with E-state index in [9.17, 15) is 4.79 Å². The van der Waals surface area contributed by atoms with Crippen LogP contribution in [-0.4, -0.2) is 33.4 Å². The number of aromatic nitrogens is 2. The molecule has 0 radical (unpaired) electrons. The summed E-state index contributed by atoms with van der Waals surface area (Å²) in [5, 5.41) is 0. The lowest BCUT2D eigenvalue weighted by molar-refractivity contribution is 0.0783. The molecule has 1 atom stereocenters. The fourth-order valence-electron chi connectivity index (χ4n) is 1.80. The second kappa shape index (κ2) is 3.44. The lowest BCUT2D eigenvalue weighted by atomic mass is 10.2. The summed E-state index contributed by atoms with van der Waals surface area (Å²) < 4.78 is 1.80. The van der Waals surface area contributed by atoms with Crippen LogP contribution in [0.1, 0.15) is 23.8 Å². The Morgan fingerprint density at radius 2 is 2.43 bits per heavy atom. The van der Waals surface area contributed by atoms with Crippen molar-refractivity contribution in [3.05, 3.63) is 18.2 Å². The third-order valence-electron chi connectivity index (χ3n) is 2.64. The fraction of sp³-hybridized carbons (Fsp3) is 0.600. The second-order valence-electron chi connectivity index (χ2n) is 4.07. The third-order valence-corrected chi connectivity index (χ3v) is 2.64. The average Bonchev–Trinajstić information content (AvgIpc) is 2.73. The van der Waals surface area contributed by atoms with Crippen LogP contribution < -0.4 is 0 Å². The van der Waals surface area contributed by atoms with E-state index in [2.05, 4.69) is 11.9 Å². The van der Waals surface area contributed by atoms with Gasteiger partial charge in [0.2, 0.25) is 0 Å². The van der Waals surface area contributed by atoms with E-state index in [1.54, 1.807) is 17.1 Å². The molecule has 4 heteroatoms. The van der Waals surface area contributed by atoms with Gasteiger partial charge in [0.25, 0.3) is 5.91 Å². The van der Waals surface area contributed by atoms with Crippen molar-refractivity contribution in [3.63, 3.8) is 0 Å². The molecule has 1 aliphatic heterocycles. The molecule has 0 spiro atoms. The molecule has 1 aliphatic rings. The molecule has 1 amide bonds. The van der Waals surface area contributed by atoms with Gasteiger partial charge in [0.15, 0.2) is 0 Å². The number of carbonyl (C=O) groups excluding carboxylic acids is 1. The maximum Gasteiger partial charge on any atom is 0.274 e. The molecule has 0 aromatic carbocycles. The van der Waals surface area contributed by atoms with E-state index >= 15 is 0 Å². The van der Waals surface area contributed by atoms with E-state index in [0.29, 0.717) is 11.6 Å². The van der Waals surface area contributed by atoms with Gasteiger partial charge in [0, 0.05) is 26.3 Å². The smallest absolute Gasteiger partial charge is 0.274 e. The zero-order valence-corrected chi connectivity index (χ0v) is 8.60. The quantitative estimate of drug-likeness (QED) is 0.664. The number of carbonyl (C=O) groups is 1. The van der Waals surface area contributed by atoms with Crippen LogP contribution in [0.5, 0.6) is 0 Å². The predicted octanol–water partition coefficient (Wildman–Crippen LogP) is 0.902. The summed E-state index contributed by atoms with van der Waals surface area (Å²) in [5.74, 6) is 0.692. The van der Waals surface area contributed by atoms with Crippen molar-refractivity contribution in [1.82, 2.24) is 14.5 Å². The first-order valence-corrected chi connectivity index (χ1v) is 4.94. The highest BCUT2D eigenvalue weighted by molar-refractivity contribution is 5.92. The van der Waals surface area contributed by atoms with Crippen LogP contribution in [0.25, 0.3) is 0 Å². The third kappa shape index (κ3) is 1.64. The van der Waals surface area contributed by atoms with Gasteiger partial charge in [0.05, 0.1) is 6.33 Å². The van der Waals surface area contributed by atoms with Crippen molar-refractivity contribution in [2.45, 2.75) is 13.3 Å². The lowest BCUT2D eigenvalue weighted by Crippen LogP contribution is -2.28. The Morgan fingerprint density at radius 3 is 2.93 bits per heavy atom. The first-order chi connectivity index (χ1) is 6.66. The molecule has 76 valence electrons. The molecule has 1 aromatic heterocycles. The molecule has 14 heavy (non-hydrogen) atoms. The van der Waals surface area contributed by atoms with E-state index in [4.69, 9.17) is 0 Å². The Morgan fingerprint density at radius 1 is 1.64 bits per heavy atom. The Hall–Kier alpha value is -1.32. The van der Waals surface area contributed by atoms with Crippen molar-refractivity contribution in [3.8, 4) is 0 Å². The monoisotopic (exact) mass is 193 g/mol. The van der Waals surface area contributed by atoms with Crippen LogP contribution in [0.2, 0.25) is 0 Å². The van der Waals surface area contributed by atoms with Crippen LogP contribution in [0.3, 0.4) is 0 Å². The number of rotatable bonds is 1. The van der Waals surface area contributed by atoms with Gasteiger partial charge >= 0.3 is 0 Å². The standard InChI is InChI=1S/C10H15N3O/c1-8-3-4-13(5-8)10(14)9-6-12(2)7-11-9/h6-8H,3-5H2,1-2H3/t8-/m0/s1. The SMILES string of the molecule is C[C@H]1CCN(C(=O)c2cn(C)cn2)C1. The molecule has 0 N–H and O–H groups in total. The summed E-state index contributed by atoms with van der Waals surface area (Å²) in [6, 6.07) is 0. The van der Waals surface area contributed by atoms with Crippen LogP contribution in [0, 0.1) is 5.92 Å². The number of amides is 1. The number of hydrogen-bond acceptors (Lipinski definition) is 2. The molecule has 1 saturated heterocycles. The maximum absolute atomic E-state index is 11.9. The van der Waals surface area contributed by atoms with E-state index < -0.39 is 0 Å². The molecule has 0 aliphatic carbocycles. The largest absolute Gasteiger partial charge is 0.340 e. The highest BCUT2D eigenvalue weighted by Crippen LogP contribution is 2.16. The van der Waals surface area contributed by atoms with Crippen molar-refractivity contribution in [1.29, 1.82) is 0 Å². The molecule has 0 bridgehead atoms. The lowest BCUT2D eigenvalue weighted by Gasteiger charge is -2.13. The first-order valence-electron chi connectivity index (χ1n) is 4.94.